The third kappa shape index (κ3) is 4.53. The van der Waals surface area contributed by atoms with Gasteiger partial charge in [0.25, 0.3) is 5.91 Å². The molecule has 0 spiro atoms. The second-order valence-electron chi connectivity index (χ2n) is 6.52. The Morgan fingerprint density at radius 3 is 2.50 bits per heavy atom. The lowest BCUT2D eigenvalue weighted by atomic mass is 10.0. The number of carbonyl (C=O) groups excluding carboxylic acids is 3. The van der Waals surface area contributed by atoms with Crippen LogP contribution in [-0.2, 0) is 14.4 Å². The highest BCUT2D eigenvalue weighted by Gasteiger charge is 2.32. The third-order valence-corrected chi connectivity index (χ3v) is 4.71. The molecule has 0 aromatic heterocycles. The number of likely N-dealkylation sites (N-methyl/N-ethyl adjacent to an activating group) is 2. The lowest BCUT2D eigenvalue weighted by Crippen LogP contribution is -2.51. The van der Waals surface area contributed by atoms with Gasteiger partial charge in [-0.15, -0.1) is 0 Å². The standard InChI is InChI=1S/C16H27N3O3/c1-17-16(22)14(20)12(6-3-5-11-8-9-11)18-15(21)13-7-4-10-19(13)2/h11-13H,3-10H2,1-2H3,(H,17,22)(H,18,21). The monoisotopic (exact) mass is 309 g/mol. The van der Waals surface area contributed by atoms with Gasteiger partial charge >= 0.3 is 0 Å². The van der Waals surface area contributed by atoms with E-state index in [2.05, 4.69) is 10.6 Å². The van der Waals surface area contributed by atoms with E-state index in [1.54, 1.807) is 0 Å². The largest absolute Gasteiger partial charge is 0.353 e. The molecule has 1 heterocycles. The molecule has 2 unspecified atom stereocenters. The maximum Gasteiger partial charge on any atom is 0.289 e. The Labute approximate surface area is 132 Å². The molecule has 2 atom stereocenters. The van der Waals surface area contributed by atoms with Crippen molar-refractivity contribution in [1.82, 2.24) is 15.5 Å². The van der Waals surface area contributed by atoms with Crippen molar-refractivity contribution in [2.24, 2.45) is 5.92 Å². The zero-order valence-corrected chi connectivity index (χ0v) is 13.6. The SMILES string of the molecule is CNC(=O)C(=O)C(CCCC1CC1)NC(=O)C1CCCN1C. The maximum absolute atomic E-state index is 12.4. The van der Waals surface area contributed by atoms with Crippen LogP contribution in [0.1, 0.15) is 44.9 Å². The minimum absolute atomic E-state index is 0.131. The van der Waals surface area contributed by atoms with Crippen molar-refractivity contribution in [2.45, 2.75) is 57.0 Å². The molecule has 2 N–H and O–H groups in total. The molecule has 2 fully saturated rings. The highest BCUT2D eigenvalue weighted by atomic mass is 16.2. The Kier molecular flexibility index (Phi) is 5.94. The molecule has 0 radical (unpaired) electrons. The Balaban J connectivity index is 1.90. The molecule has 1 aliphatic heterocycles. The predicted octanol–water partition coefficient (Wildman–Crippen LogP) is 0.461. The summed E-state index contributed by atoms with van der Waals surface area (Å²) in [5, 5.41) is 5.17. The van der Waals surface area contributed by atoms with Crippen LogP contribution in [0.2, 0.25) is 0 Å². The first-order valence-corrected chi connectivity index (χ1v) is 8.29. The third-order valence-electron chi connectivity index (χ3n) is 4.71. The van der Waals surface area contributed by atoms with Gasteiger partial charge in [0.2, 0.25) is 11.7 Å². The molecule has 1 aliphatic carbocycles. The van der Waals surface area contributed by atoms with Gasteiger partial charge in [-0.05, 0) is 38.8 Å². The molecule has 22 heavy (non-hydrogen) atoms. The fourth-order valence-electron chi connectivity index (χ4n) is 3.08. The molecule has 6 nitrogen and oxygen atoms in total. The molecular weight excluding hydrogens is 282 g/mol. The van der Waals surface area contributed by atoms with Crippen LogP contribution in [0.15, 0.2) is 0 Å². The molecule has 0 bridgehead atoms. The number of carbonyl (C=O) groups is 3. The number of hydrogen-bond donors (Lipinski definition) is 2. The highest BCUT2D eigenvalue weighted by molar-refractivity contribution is 6.38. The predicted molar refractivity (Wildman–Crippen MR) is 83.2 cm³/mol. The van der Waals surface area contributed by atoms with E-state index in [4.69, 9.17) is 0 Å². The fourth-order valence-corrected chi connectivity index (χ4v) is 3.08. The molecule has 6 heteroatoms. The number of nitrogens with zero attached hydrogens (tertiary/aromatic N) is 1. The molecule has 2 rings (SSSR count). The molecule has 1 saturated heterocycles. The van der Waals surface area contributed by atoms with E-state index in [1.807, 2.05) is 11.9 Å². The van der Waals surface area contributed by atoms with Gasteiger partial charge in [0.05, 0.1) is 12.1 Å². The Bertz CT molecular complexity index is 434. The molecule has 1 saturated carbocycles. The van der Waals surface area contributed by atoms with Crippen molar-refractivity contribution in [3.05, 3.63) is 0 Å². The van der Waals surface area contributed by atoms with Crippen molar-refractivity contribution in [3.8, 4) is 0 Å². The molecule has 0 aromatic rings. The van der Waals surface area contributed by atoms with E-state index in [9.17, 15) is 14.4 Å². The highest BCUT2D eigenvalue weighted by Crippen LogP contribution is 2.34. The molecular formula is C16H27N3O3. The quantitative estimate of drug-likeness (QED) is 0.639. The summed E-state index contributed by atoms with van der Waals surface area (Å²) in [5.41, 5.74) is 0. The van der Waals surface area contributed by atoms with Gasteiger partial charge in [0.15, 0.2) is 0 Å². The zero-order valence-electron chi connectivity index (χ0n) is 13.6. The number of rotatable bonds is 8. The summed E-state index contributed by atoms with van der Waals surface area (Å²) in [4.78, 5) is 38.1. The summed E-state index contributed by atoms with van der Waals surface area (Å²) in [6, 6.07) is -0.872. The van der Waals surface area contributed by atoms with Gasteiger partial charge in [-0.3, -0.25) is 19.3 Å². The van der Waals surface area contributed by atoms with Crippen LogP contribution in [0.25, 0.3) is 0 Å². The first-order chi connectivity index (χ1) is 10.5. The van der Waals surface area contributed by atoms with E-state index in [1.165, 1.54) is 19.9 Å². The molecule has 2 aliphatic rings. The minimum atomic E-state index is -0.694. The number of Topliss-reactive ketones (excluding diaryl/α,β-unsaturated/α-hetero) is 1. The summed E-state index contributed by atoms with van der Waals surface area (Å²) in [5.74, 6) is -0.509. The summed E-state index contributed by atoms with van der Waals surface area (Å²) < 4.78 is 0. The number of likely N-dealkylation sites (tertiary alicyclic amines) is 1. The van der Waals surface area contributed by atoms with Crippen molar-refractivity contribution >= 4 is 17.6 Å². The smallest absolute Gasteiger partial charge is 0.289 e. The van der Waals surface area contributed by atoms with Gasteiger partial charge in [-0.1, -0.05) is 25.7 Å². The Hall–Kier alpha value is -1.43. The van der Waals surface area contributed by atoms with E-state index in [0.29, 0.717) is 6.42 Å². The Morgan fingerprint density at radius 2 is 1.95 bits per heavy atom. The second-order valence-corrected chi connectivity index (χ2v) is 6.52. The van der Waals surface area contributed by atoms with Gasteiger partial charge in [0, 0.05) is 7.05 Å². The van der Waals surface area contributed by atoms with E-state index >= 15 is 0 Å². The van der Waals surface area contributed by atoms with Crippen LogP contribution >= 0.6 is 0 Å². The van der Waals surface area contributed by atoms with Crippen LogP contribution in [-0.4, -0.2) is 55.2 Å². The summed E-state index contributed by atoms with van der Waals surface area (Å²) in [6.07, 6.45) is 6.84. The topological polar surface area (TPSA) is 78.5 Å². The second kappa shape index (κ2) is 7.72. The first-order valence-electron chi connectivity index (χ1n) is 8.29. The van der Waals surface area contributed by atoms with Crippen LogP contribution < -0.4 is 10.6 Å². The van der Waals surface area contributed by atoms with Crippen molar-refractivity contribution < 1.29 is 14.4 Å². The van der Waals surface area contributed by atoms with Crippen LogP contribution in [0.3, 0.4) is 0 Å². The number of nitrogens with one attached hydrogen (secondary N) is 2. The van der Waals surface area contributed by atoms with Crippen LogP contribution in [0, 0.1) is 5.92 Å². The van der Waals surface area contributed by atoms with Crippen molar-refractivity contribution in [2.75, 3.05) is 20.6 Å². The van der Waals surface area contributed by atoms with Gasteiger partial charge < -0.3 is 10.6 Å². The average Bonchev–Trinajstić information content (AvgIpc) is 3.23. The number of ketones is 1. The maximum atomic E-state index is 12.4. The first kappa shape index (κ1) is 16.9. The van der Waals surface area contributed by atoms with E-state index in [0.717, 1.165) is 38.1 Å². The van der Waals surface area contributed by atoms with Crippen LogP contribution in [0.5, 0.6) is 0 Å². The van der Waals surface area contributed by atoms with Gasteiger partial charge in [-0.2, -0.15) is 0 Å². The molecule has 0 aromatic carbocycles. The normalized spacial score (nSPS) is 23.1. The Morgan fingerprint density at radius 1 is 1.23 bits per heavy atom. The van der Waals surface area contributed by atoms with Crippen LogP contribution in [0.4, 0.5) is 0 Å². The van der Waals surface area contributed by atoms with Crippen molar-refractivity contribution in [3.63, 3.8) is 0 Å². The summed E-state index contributed by atoms with van der Waals surface area (Å²) >= 11 is 0. The summed E-state index contributed by atoms with van der Waals surface area (Å²) in [6.45, 7) is 0.897. The molecule has 2 amide bonds. The number of amides is 2. The van der Waals surface area contributed by atoms with Gasteiger partial charge in [-0.25, -0.2) is 0 Å². The summed E-state index contributed by atoms with van der Waals surface area (Å²) in [7, 11) is 3.36. The lowest BCUT2D eigenvalue weighted by molar-refractivity contribution is -0.140. The van der Waals surface area contributed by atoms with Gasteiger partial charge in [0.1, 0.15) is 0 Å². The molecule has 124 valence electrons. The lowest BCUT2D eigenvalue weighted by Gasteiger charge is -2.23. The van der Waals surface area contributed by atoms with E-state index < -0.39 is 17.7 Å². The zero-order chi connectivity index (χ0) is 16.1. The fraction of sp³-hybridized carbons (Fsp3) is 0.812. The van der Waals surface area contributed by atoms with E-state index in [-0.39, 0.29) is 11.9 Å². The number of hydrogen-bond acceptors (Lipinski definition) is 4. The minimum Gasteiger partial charge on any atom is -0.353 e. The average molecular weight is 309 g/mol. The van der Waals surface area contributed by atoms with Crippen molar-refractivity contribution in [1.29, 1.82) is 0 Å².